The average molecular weight is 428 g/mol. The van der Waals surface area contributed by atoms with Gasteiger partial charge in [0.2, 0.25) is 0 Å². The Kier molecular flexibility index (Phi) is 12.0. The maximum absolute atomic E-state index is 8.81. The summed E-state index contributed by atoms with van der Waals surface area (Å²) >= 11 is 6.48. The number of aliphatic hydroxyl groups is 1. The van der Waals surface area contributed by atoms with Crippen LogP contribution in [0.3, 0.4) is 0 Å². The van der Waals surface area contributed by atoms with Crippen LogP contribution in [0.2, 0.25) is 5.02 Å². The average Bonchev–Trinajstić information content (AvgIpc) is 2.65. The van der Waals surface area contributed by atoms with Crippen LogP contribution in [0.5, 0.6) is 11.5 Å². The molecular formula is C22H31Cl2NO3. The lowest BCUT2D eigenvalue weighted by atomic mass is 10.1. The highest BCUT2D eigenvalue weighted by atomic mass is 35.5. The predicted octanol–water partition coefficient (Wildman–Crippen LogP) is 5.30. The number of hydrogen-bond acceptors (Lipinski definition) is 4. The lowest BCUT2D eigenvalue weighted by Crippen LogP contribution is -2.15. The fourth-order valence-corrected chi connectivity index (χ4v) is 3.03. The van der Waals surface area contributed by atoms with Gasteiger partial charge in [-0.15, -0.1) is 12.4 Å². The highest BCUT2D eigenvalue weighted by Gasteiger charge is 2.13. The zero-order chi connectivity index (χ0) is 19.5. The molecule has 6 heteroatoms. The Labute approximate surface area is 179 Å². The molecule has 0 aliphatic rings. The van der Waals surface area contributed by atoms with Crippen LogP contribution in [0, 0.1) is 6.92 Å². The van der Waals surface area contributed by atoms with Crippen LogP contribution < -0.4 is 14.8 Å². The van der Waals surface area contributed by atoms with Crippen molar-refractivity contribution < 1.29 is 14.6 Å². The van der Waals surface area contributed by atoms with Crippen LogP contribution in [0.15, 0.2) is 36.4 Å². The first-order valence-electron chi connectivity index (χ1n) is 9.59. The van der Waals surface area contributed by atoms with Crippen molar-refractivity contribution in [3.8, 4) is 11.5 Å². The summed E-state index contributed by atoms with van der Waals surface area (Å²) in [5.74, 6) is 1.26. The Balaban J connectivity index is 0.00000392. The summed E-state index contributed by atoms with van der Waals surface area (Å²) in [6.45, 7) is 6.90. The zero-order valence-corrected chi connectivity index (χ0v) is 18.2. The monoisotopic (exact) mass is 427 g/mol. The van der Waals surface area contributed by atoms with Gasteiger partial charge in [0.15, 0.2) is 11.5 Å². The molecule has 0 fully saturated rings. The molecule has 2 aromatic carbocycles. The van der Waals surface area contributed by atoms with E-state index in [1.54, 1.807) is 0 Å². The largest absolute Gasteiger partial charge is 0.490 e. The van der Waals surface area contributed by atoms with E-state index >= 15 is 0 Å². The molecule has 0 aliphatic carbocycles. The third-order valence-corrected chi connectivity index (χ3v) is 4.49. The first kappa shape index (κ1) is 24.6. The van der Waals surface area contributed by atoms with Crippen molar-refractivity contribution in [2.75, 3.05) is 19.8 Å². The lowest BCUT2D eigenvalue weighted by Gasteiger charge is -2.16. The molecule has 0 saturated heterocycles. The van der Waals surface area contributed by atoms with E-state index in [1.165, 1.54) is 5.56 Å². The van der Waals surface area contributed by atoms with Gasteiger partial charge in [-0.1, -0.05) is 41.4 Å². The normalized spacial score (nSPS) is 10.4. The van der Waals surface area contributed by atoms with Crippen LogP contribution in [0.4, 0.5) is 0 Å². The topological polar surface area (TPSA) is 50.7 Å². The van der Waals surface area contributed by atoms with Gasteiger partial charge in [0.05, 0.1) is 11.6 Å². The summed E-state index contributed by atoms with van der Waals surface area (Å²) < 4.78 is 11.7. The summed E-state index contributed by atoms with van der Waals surface area (Å²) in [6, 6.07) is 12.2. The van der Waals surface area contributed by atoms with E-state index in [9.17, 15) is 0 Å². The van der Waals surface area contributed by atoms with Crippen molar-refractivity contribution >= 4 is 24.0 Å². The highest BCUT2D eigenvalue weighted by molar-refractivity contribution is 6.32. The Morgan fingerprint density at radius 3 is 2.43 bits per heavy atom. The summed E-state index contributed by atoms with van der Waals surface area (Å²) in [6.07, 6.45) is 2.93. The van der Waals surface area contributed by atoms with Gasteiger partial charge in [0.25, 0.3) is 0 Å². The standard InChI is InChI=1S/C22H30ClNO3.ClH/c1-3-26-21-14-19(15-24-11-5-4-6-12-25)13-20(23)22(21)27-16-18-9-7-17(2)8-10-18;/h7-10,13-14,24-25H,3-6,11-12,15-16H2,1-2H3;1H. The van der Waals surface area contributed by atoms with Crippen molar-refractivity contribution in [1.82, 2.24) is 5.32 Å². The van der Waals surface area contributed by atoms with Crippen LogP contribution in [0.1, 0.15) is 42.9 Å². The predicted molar refractivity (Wildman–Crippen MR) is 118 cm³/mol. The first-order valence-corrected chi connectivity index (χ1v) is 9.97. The second-order valence-electron chi connectivity index (χ2n) is 6.57. The van der Waals surface area contributed by atoms with Crippen molar-refractivity contribution in [3.05, 3.63) is 58.1 Å². The molecule has 156 valence electrons. The number of rotatable bonds is 12. The van der Waals surface area contributed by atoms with E-state index in [4.69, 9.17) is 26.2 Å². The van der Waals surface area contributed by atoms with Gasteiger partial charge >= 0.3 is 0 Å². The fourth-order valence-electron chi connectivity index (χ4n) is 2.74. The molecule has 28 heavy (non-hydrogen) atoms. The molecule has 4 nitrogen and oxygen atoms in total. The minimum atomic E-state index is 0. The first-order chi connectivity index (χ1) is 13.1. The second kappa shape index (κ2) is 13.7. The molecule has 0 unspecified atom stereocenters. The molecule has 0 heterocycles. The van der Waals surface area contributed by atoms with Gasteiger partial charge < -0.3 is 19.9 Å². The molecule has 0 spiro atoms. The van der Waals surface area contributed by atoms with Gasteiger partial charge in [0.1, 0.15) is 6.61 Å². The van der Waals surface area contributed by atoms with Crippen molar-refractivity contribution in [2.45, 2.75) is 46.3 Å². The fraction of sp³-hybridized carbons (Fsp3) is 0.455. The number of hydrogen-bond donors (Lipinski definition) is 2. The van der Waals surface area contributed by atoms with Crippen LogP contribution in [0.25, 0.3) is 0 Å². The highest BCUT2D eigenvalue weighted by Crippen LogP contribution is 2.37. The van der Waals surface area contributed by atoms with E-state index in [0.29, 0.717) is 29.7 Å². The second-order valence-corrected chi connectivity index (χ2v) is 6.98. The molecule has 0 bridgehead atoms. The molecule has 0 aliphatic heterocycles. The molecule has 0 amide bonds. The quantitative estimate of drug-likeness (QED) is 0.451. The summed E-state index contributed by atoms with van der Waals surface area (Å²) in [5.41, 5.74) is 3.38. The molecule has 2 N–H and O–H groups in total. The third-order valence-electron chi connectivity index (χ3n) is 4.21. The van der Waals surface area contributed by atoms with Crippen LogP contribution in [-0.2, 0) is 13.2 Å². The molecule has 0 radical (unpaired) electrons. The number of benzene rings is 2. The van der Waals surface area contributed by atoms with Crippen LogP contribution in [-0.4, -0.2) is 24.9 Å². The molecule has 0 saturated carbocycles. The van der Waals surface area contributed by atoms with Crippen LogP contribution >= 0.6 is 24.0 Å². The minimum Gasteiger partial charge on any atom is -0.490 e. The van der Waals surface area contributed by atoms with E-state index < -0.39 is 0 Å². The number of nitrogens with one attached hydrogen (secondary N) is 1. The van der Waals surface area contributed by atoms with Gasteiger partial charge in [-0.3, -0.25) is 0 Å². The maximum atomic E-state index is 8.81. The van der Waals surface area contributed by atoms with Crippen molar-refractivity contribution in [2.24, 2.45) is 0 Å². The van der Waals surface area contributed by atoms with Gasteiger partial charge in [-0.05, 0) is 62.9 Å². The molecule has 2 aromatic rings. The summed E-state index contributed by atoms with van der Waals surface area (Å²) in [7, 11) is 0. The third kappa shape index (κ3) is 8.27. The number of aliphatic hydroxyl groups excluding tert-OH is 1. The number of unbranched alkanes of at least 4 members (excludes halogenated alkanes) is 2. The van der Waals surface area contributed by atoms with Gasteiger partial charge in [0, 0.05) is 13.2 Å². The van der Waals surface area contributed by atoms with Gasteiger partial charge in [-0.25, -0.2) is 0 Å². The maximum Gasteiger partial charge on any atom is 0.180 e. The molecule has 0 aromatic heterocycles. The van der Waals surface area contributed by atoms with Crippen molar-refractivity contribution in [1.29, 1.82) is 0 Å². The van der Waals surface area contributed by atoms with E-state index in [0.717, 1.165) is 43.5 Å². The van der Waals surface area contributed by atoms with E-state index in [2.05, 4.69) is 36.5 Å². The molecule has 0 atom stereocenters. The Morgan fingerprint density at radius 2 is 1.75 bits per heavy atom. The SMILES string of the molecule is CCOc1cc(CNCCCCCO)cc(Cl)c1OCc1ccc(C)cc1.Cl. The smallest absolute Gasteiger partial charge is 0.180 e. The number of ether oxygens (including phenoxy) is 2. The molecule has 2 rings (SSSR count). The summed E-state index contributed by atoms with van der Waals surface area (Å²) in [5, 5.41) is 12.8. The Morgan fingerprint density at radius 1 is 1.00 bits per heavy atom. The minimum absolute atomic E-state index is 0. The summed E-state index contributed by atoms with van der Waals surface area (Å²) in [4.78, 5) is 0. The number of halogens is 2. The number of aryl methyl sites for hydroxylation is 1. The Hall–Kier alpha value is -1.46. The van der Waals surface area contributed by atoms with Crippen molar-refractivity contribution in [3.63, 3.8) is 0 Å². The molecular weight excluding hydrogens is 397 g/mol. The Bertz CT molecular complexity index is 693. The lowest BCUT2D eigenvalue weighted by molar-refractivity contribution is 0.269. The van der Waals surface area contributed by atoms with E-state index in [-0.39, 0.29) is 19.0 Å². The zero-order valence-electron chi connectivity index (χ0n) is 16.7. The van der Waals surface area contributed by atoms with Gasteiger partial charge in [-0.2, -0.15) is 0 Å². The van der Waals surface area contributed by atoms with E-state index in [1.807, 2.05) is 19.1 Å².